The van der Waals surface area contributed by atoms with Crippen molar-refractivity contribution >= 4 is 22.4 Å². The smallest absolute Gasteiger partial charge is 0.220 e. The van der Waals surface area contributed by atoms with Gasteiger partial charge in [-0.05, 0) is 18.8 Å². The van der Waals surface area contributed by atoms with Crippen LogP contribution in [-0.2, 0) is 11.3 Å². The highest BCUT2D eigenvalue weighted by molar-refractivity contribution is 7.15. The molecule has 86 valence electrons. The molecule has 0 fully saturated rings. The number of aromatic nitrogens is 2. The molecular weight excluding hydrogens is 224 g/mol. The first-order valence-corrected chi connectivity index (χ1v) is 6.07. The number of allylic oxidation sites excluding steroid dienone is 2. The molecule has 6 heteroatoms. The number of rotatable bonds is 4. The van der Waals surface area contributed by atoms with Crippen molar-refractivity contribution in [2.45, 2.75) is 25.8 Å². The zero-order valence-corrected chi connectivity index (χ0v) is 9.67. The molecule has 0 spiro atoms. The summed E-state index contributed by atoms with van der Waals surface area (Å²) in [6, 6.07) is 0. The summed E-state index contributed by atoms with van der Waals surface area (Å²) in [4.78, 5) is 11.6. The van der Waals surface area contributed by atoms with E-state index in [0.717, 1.165) is 17.8 Å². The maximum absolute atomic E-state index is 11.6. The van der Waals surface area contributed by atoms with Crippen LogP contribution in [0.25, 0.3) is 0 Å². The van der Waals surface area contributed by atoms with Crippen LogP contribution in [0.1, 0.15) is 24.3 Å². The standard InChI is InChI=1S/C10H14N4OS/c11-10-14-13-9(16-10)6-12-8(15)5-7-3-1-2-4-7/h1,3,7H,2,4-6H2,(H2,11,14)(H,12,15). The van der Waals surface area contributed by atoms with Crippen LogP contribution in [0.3, 0.4) is 0 Å². The highest BCUT2D eigenvalue weighted by Gasteiger charge is 2.14. The van der Waals surface area contributed by atoms with Crippen molar-refractivity contribution < 1.29 is 4.79 Å². The summed E-state index contributed by atoms with van der Waals surface area (Å²) in [7, 11) is 0. The number of amides is 1. The van der Waals surface area contributed by atoms with Gasteiger partial charge < -0.3 is 11.1 Å². The van der Waals surface area contributed by atoms with Gasteiger partial charge in [0.05, 0.1) is 6.54 Å². The molecule has 1 unspecified atom stereocenters. The van der Waals surface area contributed by atoms with E-state index in [1.807, 2.05) is 0 Å². The molecule has 2 rings (SSSR count). The number of carbonyl (C=O) groups excluding carboxylic acids is 1. The minimum Gasteiger partial charge on any atom is -0.374 e. The zero-order valence-electron chi connectivity index (χ0n) is 8.85. The summed E-state index contributed by atoms with van der Waals surface area (Å²) in [5.41, 5.74) is 5.44. The van der Waals surface area contributed by atoms with E-state index in [2.05, 4.69) is 27.7 Å². The van der Waals surface area contributed by atoms with Crippen molar-refractivity contribution in [3.8, 4) is 0 Å². The number of hydrogen-bond acceptors (Lipinski definition) is 5. The molecule has 0 aromatic carbocycles. The Morgan fingerprint density at radius 1 is 1.62 bits per heavy atom. The first-order chi connectivity index (χ1) is 7.74. The predicted molar refractivity (Wildman–Crippen MR) is 62.6 cm³/mol. The van der Waals surface area contributed by atoms with E-state index in [1.54, 1.807) is 0 Å². The highest BCUT2D eigenvalue weighted by atomic mass is 32.1. The van der Waals surface area contributed by atoms with Crippen LogP contribution in [0.2, 0.25) is 0 Å². The molecule has 0 saturated heterocycles. The molecular formula is C10H14N4OS. The van der Waals surface area contributed by atoms with E-state index in [0.29, 0.717) is 24.0 Å². The van der Waals surface area contributed by atoms with E-state index in [-0.39, 0.29) is 5.91 Å². The second kappa shape index (κ2) is 5.07. The number of nitrogen functional groups attached to an aromatic ring is 1. The van der Waals surface area contributed by atoms with Crippen LogP contribution in [0.4, 0.5) is 5.13 Å². The molecule has 1 aromatic heterocycles. The van der Waals surface area contributed by atoms with Gasteiger partial charge in [-0.2, -0.15) is 0 Å². The number of hydrogen-bond donors (Lipinski definition) is 2. The van der Waals surface area contributed by atoms with Crippen molar-refractivity contribution in [3.63, 3.8) is 0 Å². The van der Waals surface area contributed by atoms with Gasteiger partial charge in [0, 0.05) is 6.42 Å². The minimum atomic E-state index is 0.0605. The summed E-state index contributed by atoms with van der Waals surface area (Å²) in [5, 5.41) is 11.5. The lowest BCUT2D eigenvalue weighted by atomic mass is 10.1. The summed E-state index contributed by atoms with van der Waals surface area (Å²) in [6.07, 6.45) is 6.97. The van der Waals surface area contributed by atoms with Gasteiger partial charge >= 0.3 is 0 Å². The van der Waals surface area contributed by atoms with Gasteiger partial charge in [0.1, 0.15) is 5.01 Å². The monoisotopic (exact) mass is 238 g/mol. The minimum absolute atomic E-state index is 0.0605. The zero-order chi connectivity index (χ0) is 11.4. The Hall–Kier alpha value is -1.43. The fraction of sp³-hybridized carbons (Fsp3) is 0.500. The molecule has 1 heterocycles. The molecule has 5 nitrogen and oxygen atoms in total. The van der Waals surface area contributed by atoms with Crippen molar-refractivity contribution in [2.24, 2.45) is 5.92 Å². The SMILES string of the molecule is Nc1nnc(CNC(=O)CC2C=CCC2)s1. The van der Waals surface area contributed by atoms with Gasteiger partial charge in [0.25, 0.3) is 0 Å². The summed E-state index contributed by atoms with van der Waals surface area (Å²) < 4.78 is 0. The molecule has 1 aliphatic rings. The molecule has 0 aliphatic heterocycles. The van der Waals surface area contributed by atoms with Crippen LogP contribution >= 0.6 is 11.3 Å². The maximum atomic E-state index is 11.6. The average Bonchev–Trinajstić information content (AvgIpc) is 2.87. The number of nitrogens with one attached hydrogen (secondary N) is 1. The van der Waals surface area contributed by atoms with E-state index in [9.17, 15) is 4.79 Å². The first-order valence-electron chi connectivity index (χ1n) is 5.25. The van der Waals surface area contributed by atoms with Gasteiger partial charge in [0.2, 0.25) is 11.0 Å². The third-order valence-corrected chi connectivity index (χ3v) is 3.23. The van der Waals surface area contributed by atoms with Crippen LogP contribution in [-0.4, -0.2) is 16.1 Å². The maximum Gasteiger partial charge on any atom is 0.220 e. The molecule has 0 saturated carbocycles. The second-order valence-electron chi connectivity index (χ2n) is 3.78. The van der Waals surface area contributed by atoms with E-state index in [1.165, 1.54) is 11.3 Å². The first kappa shape index (κ1) is 11.1. The summed E-state index contributed by atoms with van der Waals surface area (Å²) in [5.74, 6) is 0.463. The average molecular weight is 238 g/mol. The molecule has 1 aliphatic carbocycles. The number of carbonyl (C=O) groups is 1. The van der Waals surface area contributed by atoms with Gasteiger partial charge in [-0.25, -0.2) is 0 Å². The molecule has 3 N–H and O–H groups in total. The molecule has 1 atom stereocenters. The van der Waals surface area contributed by atoms with Gasteiger partial charge in [-0.1, -0.05) is 23.5 Å². The normalized spacial score (nSPS) is 18.9. The Balaban J connectivity index is 1.73. The van der Waals surface area contributed by atoms with Gasteiger partial charge in [0.15, 0.2) is 0 Å². The van der Waals surface area contributed by atoms with E-state index >= 15 is 0 Å². The molecule has 0 bridgehead atoms. The highest BCUT2D eigenvalue weighted by Crippen LogP contribution is 2.20. The molecule has 1 aromatic rings. The third-order valence-electron chi connectivity index (χ3n) is 2.48. The fourth-order valence-corrected chi connectivity index (χ4v) is 2.24. The van der Waals surface area contributed by atoms with Gasteiger partial charge in [-0.15, -0.1) is 10.2 Å². The predicted octanol–water partition coefficient (Wildman–Crippen LogP) is 1.09. The van der Waals surface area contributed by atoms with Crippen LogP contribution in [0.5, 0.6) is 0 Å². The second-order valence-corrected chi connectivity index (χ2v) is 4.87. The molecule has 0 radical (unpaired) electrons. The van der Waals surface area contributed by atoms with Crippen molar-refractivity contribution in [1.82, 2.24) is 15.5 Å². The lowest BCUT2D eigenvalue weighted by Gasteiger charge is -2.06. The lowest BCUT2D eigenvalue weighted by molar-refractivity contribution is -0.121. The van der Waals surface area contributed by atoms with E-state index < -0.39 is 0 Å². The Morgan fingerprint density at radius 2 is 2.50 bits per heavy atom. The third kappa shape index (κ3) is 3.03. The van der Waals surface area contributed by atoms with Crippen LogP contribution < -0.4 is 11.1 Å². The quantitative estimate of drug-likeness (QED) is 0.769. The summed E-state index contributed by atoms with van der Waals surface area (Å²) >= 11 is 1.30. The summed E-state index contributed by atoms with van der Waals surface area (Å²) in [6.45, 7) is 0.421. The fourth-order valence-electron chi connectivity index (χ4n) is 1.69. The van der Waals surface area contributed by atoms with E-state index in [4.69, 9.17) is 5.73 Å². The van der Waals surface area contributed by atoms with Crippen molar-refractivity contribution in [3.05, 3.63) is 17.2 Å². The number of anilines is 1. The molecule has 16 heavy (non-hydrogen) atoms. The van der Waals surface area contributed by atoms with Gasteiger partial charge in [-0.3, -0.25) is 4.79 Å². The Kier molecular flexibility index (Phi) is 3.51. The topological polar surface area (TPSA) is 80.9 Å². The number of nitrogens with zero attached hydrogens (tertiary/aromatic N) is 2. The van der Waals surface area contributed by atoms with Crippen molar-refractivity contribution in [1.29, 1.82) is 0 Å². The molecule has 1 amide bonds. The van der Waals surface area contributed by atoms with Crippen LogP contribution in [0.15, 0.2) is 12.2 Å². The van der Waals surface area contributed by atoms with Crippen molar-refractivity contribution in [2.75, 3.05) is 5.73 Å². The Morgan fingerprint density at radius 3 is 3.12 bits per heavy atom. The largest absolute Gasteiger partial charge is 0.374 e. The lowest BCUT2D eigenvalue weighted by Crippen LogP contribution is -2.24. The Bertz CT molecular complexity index is 401. The number of nitrogens with two attached hydrogens (primary N) is 1. The van der Waals surface area contributed by atoms with Crippen LogP contribution in [0, 0.1) is 5.92 Å². The Labute approximate surface area is 97.8 Å².